The molecule has 0 fully saturated rings. The summed E-state index contributed by atoms with van der Waals surface area (Å²) in [4.78, 5) is 24.7. The van der Waals surface area contributed by atoms with E-state index >= 15 is 0 Å². The Hall–Kier alpha value is -1.56. The number of ketones is 2. The molecule has 0 aliphatic carbocycles. The molecule has 0 amide bonds. The van der Waals surface area contributed by atoms with E-state index in [-0.39, 0.29) is 12.8 Å². The van der Waals surface area contributed by atoms with Gasteiger partial charge in [-0.25, -0.2) is 0 Å². The van der Waals surface area contributed by atoms with E-state index in [1.165, 1.54) is 0 Å². The predicted octanol–water partition coefficient (Wildman–Crippen LogP) is 6.16. The minimum absolute atomic E-state index is 0.0532. The number of carbonyl (C=O) groups is 2. The zero-order chi connectivity index (χ0) is 25.5. The summed E-state index contributed by atoms with van der Waals surface area (Å²) in [6, 6.07) is 0. The van der Waals surface area contributed by atoms with Crippen LogP contribution in [0.25, 0.3) is 0 Å². The first-order valence-electron chi connectivity index (χ1n) is 13.5. The van der Waals surface area contributed by atoms with Crippen LogP contribution in [0.5, 0.6) is 0 Å². The predicted molar refractivity (Wildman–Crippen MR) is 141 cm³/mol. The van der Waals surface area contributed by atoms with E-state index in [4.69, 9.17) is 0 Å². The lowest BCUT2D eigenvalue weighted by molar-refractivity contribution is -0.165. The number of unbranched alkanes of at least 4 members (excludes halogenated alkanes) is 9. The number of aliphatic hydroxyl groups excluding tert-OH is 2. The van der Waals surface area contributed by atoms with Gasteiger partial charge in [-0.2, -0.15) is 0 Å². The Balaban J connectivity index is 4.02. The Bertz CT molecular complexity index is 608. The van der Waals surface area contributed by atoms with Crippen LogP contribution in [0, 0.1) is 0 Å². The third-order valence-corrected chi connectivity index (χ3v) is 6.06. The van der Waals surface area contributed by atoms with Gasteiger partial charge in [0.25, 0.3) is 0 Å². The molecule has 0 saturated carbocycles. The van der Waals surface area contributed by atoms with Gasteiger partial charge < -0.3 is 15.3 Å². The first-order chi connectivity index (χ1) is 16.4. The number of aliphatic hydroxyl groups is 3. The third kappa shape index (κ3) is 15.4. The maximum Gasteiger partial charge on any atom is 0.178 e. The maximum absolute atomic E-state index is 12.5. The van der Waals surface area contributed by atoms with Gasteiger partial charge in [0.1, 0.15) is 0 Å². The molecule has 0 aromatic carbocycles. The van der Waals surface area contributed by atoms with Crippen molar-refractivity contribution in [1.29, 1.82) is 0 Å². The molecule has 2 atom stereocenters. The van der Waals surface area contributed by atoms with Crippen LogP contribution in [-0.4, -0.2) is 45.2 Å². The van der Waals surface area contributed by atoms with Crippen molar-refractivity contribution in [1.82, 2.24) is 0 Å². The van der Waals surface area contributed by atoms with Gasteiger partial charge in [-0.15, -0.1) is 0 Å². The van der Waals surface area contributed by atoms with E-state index in [1.54, 1.807) is 0 Å². The smallest absolute Gasteiger partial charge is 0.178 e. The largest absolute Gasteiger partial charge is 0.393 e. The van der Waals surface area contributed by atoms with Gasteiger partial charge in [-0.1, -0.05) is 95.2 Å². The minimum Gasteiger partial charge on any atom is -0.393 e. The summed E-state index contributed by atoms with van der Waals surface area (Å²) >= 11 is 0. The molecule has 34 heavy (non-hydrogen) atoms. The molecular weight excluding hydrogens is 428 g/mol. The Morgan fingerprint density at radius 2 is 1.26 bits per heavy atom. The molecule has 0 aliphatic rings. The van der Waals surface area contributed by atoms with Crippen molar-refractivity contribution in [2.75, 3.05) is 6.61 Å². The molecule has 2 unspecified atom stereocenters. The highest BCUT2D eigenvalue weighted by atomic mass is 16.4. The fourth-order valence-corrected chi connectivity index (χ4v) is 3.75. The molecule has 0 bridgehead atoms. The topological polar surface area (TPSA) is 94.8 Å². The van der Waals surface area contributed by atoms with Crippen LogP contribution >= 0.6 is 0 Å². The lowest BCUT2D eigenvalue weighted by Gasteiger charge is -2.29. The van der Waals surface area contributed by atoms with Gasteiger partial charge in [0.2, 0.25) is 0 Å². The fourth-order valence-electron chi connectivity index (χ4n) is 3.75. The molecule has 0 aliphatic heterocycles. The molecule has 3 N–H and O–H groups in total. The molecule has 5 nitrogen and oxygen atoms in total. The van der Waals surface area contributed by atoms with Crippen LogP contribution < -0.4 is 0 Å². The zero-order valence-electron chi connectivity index (χ0n) is 21.7. The number of rotatable bonds is 23. The van der Waals surface area contributed by atoms with E-state index in [1.807, 2.05) is 0 Å². The van der Waals surface area contributed by atoms with Crippen molar-refractivity contribution in [3.05, 3.63) is 36.5 Å². The highest BCUT2D eigenvalue weighted by Crippen LogP contribution is 2.20. The molecule has 0 rings (SSSR count). The average Bonchev–Trinajstić information content (AvgIpc) is 2.84. The van der Waals surface area contributed by atoms with Gasteiger partial charge in [-0.05, 0) is 44.9 Å². The third-order valence-electron chi connectivity index (χ3n) is 6.06. The van der Waals surface area contributed by atoms with Gasteiger partial charge in [0, 0.05) is 12.8 Å². The molecule has 0 aromatic heterocycles. The Kier molecular flexibility index (Phi) is 20.9. The van der Waals surface area contributed by atoms with Crippen molar-refractivity contribution < 1.29 is 24.9 Å². The monoisotopic (exact) mass is 478 g/mol. The van der Waals surface area contributed by atoms with Crippen molar-refractivity contribution in [3.63, 3.8) is 0 Å². The van der Waals surface area contributed by atoms with Crippen LogP contribution in [-0.2, 0) is 9.59 Å². The molecule has 196 valence electrons. The quantitative estimate of drug-likeness (QED) is 0.121. The summed E-state index contributed by atoms with van der Waals surface area (Å²) in [5, 5.41) is 30.3. The van der Waals surface area contributed by atoms with E-state index in [0.717, 1.165) is 77.0 Å². The van der Waals surface area contributed by atoms with Gasteiger partial charge in [0.05, 0.1) is 6.61 Å². The lowest BCUT2D eigenvalue weighted by atomic mass is 9.85. The Labute approximate surface area is 208 Å². The second-order valence-electron chi connectivity index (χ2n) is 9.14. The summed E-state index contributed by atoms with van der Waals surface area (Å²) in [6.07, 6.45) is 24.8. The maximum atomic E-state index is 12.5. The summed E-state index contributed by atoms with van der Waals surface area (Å²) in [5.41, 5.74) is -2.38. The molecule has 0 saturated heterocycles. The highest BCUT2D eigenvalue weighted by Gasteiger charge is 2.45. The molecule has 0 radical (unpaired) electrons. The number of hydrogen-bond acceptors (Lipinski definition) is 5. The van der Waals surface area contributed by atoms with Crippen molar-refractivity contribution >= 4 is 11.6 Å². The molecule has 0 heterocycles. The summed E-state index contributed by atoms with van der Waals surface area (Å²) in [5.74, 6) is -1.22. The van der Waals surface area contributed by atoms with Crippen molar-refractivity contribution in [2.24, 2.45) is 0 Å². The number of allylic oxidation sites excluding steroid dienone is 6. The summed E-state index contributed by atoms with van der Waals surface area (Å²) < 4.78 is 0. The van der Waals surface area contributed by atoms with Gasteiger partial charge >= 0.3 is 0 Å². The summed E-state index contributed by atoms with van der Waals surface area (Å²) in [6.45, 7) is 3.30. The normalized spacial score (nSPS) is 14.9. The fraction of sp³-hybridized carbons (Fsp3) is 0.724. The van der Waals surface area contributed by atoms with Gasteiger partial charge in [-0.3, -0.25) is 9.59 Å². The molecule has 5 heteroatoms. The van der Waals surface area contributed by atoms with Crippen LogP contribution in [0.4, 0.5) is 0 Å². The minimum atomic E-state index is -2.38. The van der Waals surface area contributed by atoms with Crippen LogP contribution in [0.3, 0.4) is 0 Å². The van der Waals surface area contributed by atoms with Crippen molar-refractivity contribution in [2.45, 2.75) is 128 Å². The van der Waals surface area contributed by atoms with Crippen LogP contribution in [0.15, 0.2) is 36.5 Å². The Morgan fingerprint density at radius 3 is 1.88 bits per heavy atom. The molecule has 0 spiro atoms. The van der Waals surface area contributed by atoms with E-state index < -0.39 is 29.9 Å². The number of Topliss-reactive ketones (excluding diaryl/α,β-unsaturated/α-hetero) is 2. The van der Waals surface area contributed by atoms with Gasteiger partial charge in [0.15, 0.2) is 23.3 Å². The van der Waals surface area contributed by atoms with E-state index in [0.29, 0.717) is 12.8 Å². The van der Waals surface area contributed by atoms with E-state index in [2.05, 4.69) is 50.3 Å². The summed E-state index contributed by atoms with van der Waals surface area (Å²) in [7, 11) is 0. The Morgan fingerprint density at radius 1 is 0.735 bits per heavy atom. The second kappa shape index (κ2) is 21.9. The first-order valence-corrected chi connectivity index (χ1v) is 13.5. The van der Waals surface area contributed by atoms with Crippen LogP contribution in [0.1, 0.15) is 117 Å². The molecule has 0 aromatic rings. The SMILES string of the molecule is CC/C=C\C/C=C\C/C=C\CCCCCCCC(=O)C(O)(CO)C(O)C(=O)CCCCCCC. The zero-order valence-corrected chi connectivity index (χ0v) is 21.7. The highest BCUT2D eigenvalue weighted by molar-refractivity contribution is 5.96. The standard InChI is InChI=1S/C29H50O5/c1-3-5-7-9-10-11-12-13-14-15-16-17-18-20-22-24-27(32)29(34,25-30)28(33)26(31)23-21-19-8-6-4-2/h5,7,10-11,13-14,28,30,33-34H,3-4,6,8-9,12,15-25H2,1-2H3/b7-5-,11-10-,14-13-. The van der Waals surface area contributed by atoms with Crippen molar-refractivity contribution in [3.8, 4) is 0 Å². The second-order valence-corrected chi connectivity index (χ2v) is 9.14. The average molecular weight is 479 g/mol. The number of carbonyl (C=O) groups excluding carboxylic acids is 2. The first kappa shape index (κ1) is 32.4. The number of hydrogen-bond donors (Lipinski definition) is 3. The molecular formula is C29H50O5. The van der Waals surface area contributed by atoms with E-state index in [9.17, 15) is 24.9 Å². The van der Waals surface area contributed by atoms with Crippen LogP contribution in [0.2, 0.25) is 0 Å². The lowest BCUT2D eigenvalue weighted by Crippen LogP contribution is -2.55.